The Bertz CT molecular complexity index is 980. The van der Waals surface area contributed by atoms with Crippen LogP contribution in [0.2, 0.25) is 0 Å². The van der Waals surface area contributed by atoms with Crippen LogP contribution in [0.3, 0.4) is 0 Å². The number of anilines is 1. The topological polar surface area (TPSA) is 81.4 Å². The number of hydrogen-bond acceptors (Lipinski definition) is 6. The monoisotopic (exact) mass is 343 g/mol. The maximum Gasteiger partial charge on any atom is 0.163 e. The zero-order chi connectivity index (χ0) is 17.8. The van der Waals surface area contributed by atoms with E-state index in [4.69, 9.17) is 0 Å². The highest BCUT2D eigenvalue weighted by Crippen LogP contribution is 2.17. The highest BCUT2D eigenvalue weighted by atomic mass is 15.3. The summed E-state index contributed by atoms with van der Waals surface area (Å²) in [6, 6.07) is 13.9. The van der Waals surface area contributed by atoms with Gasteiger partial charge in [0, 0.05) is 36.3 Å². The average Bonchev–Trinajstić information content (AvgIpc) is 3.22. The highest BCUT2D eigenvalue weighted by molar-refractivity contribution is 5.56. The largest absolute Gasteiger partial charge is 0.366 e. The van der Waals surface area contributed by atoms with Crippen molar-refractivity contribution in [2.24, 2.45) is 0 Å². The number of nitrogens with one attached hydrogen (secondary N) is 1. The van der Waals surface area contributed by atoms with E-state index in [1.165, 1.54) is 6.33 Å². The number of aryl methyl sites for hydroxylation is 1. The minimum absolute atomic E-state index is 0.667. The van der Waals surface area contributed by atoms with Crippen LogP contribution in [-0.2, 0) is 6.54 Å². The molecule has 0 amide bonds. The summed E-state index contributed by atoms with van der Waals surface area (Å²) >= 11 is 0. The molecule has 128 valence electrons. The van der Waals surface area contributed by atoms with E-state index in [2.05, 4.69) is 42.5 Å². The molecule has 0 atom stereocenters. The van der Waals surface area contributed by atoms with Crippen molar-refractivity contribution in [3.8, 4) is 17.1 Å². The van der Waals surface area contributed by atoms with Crippen LogP contribution < -0.4 is 5.32 Å². The van der Waals surface area contributed by atoms with Crippen LogP contribution in [0.5, 0.6) is 0 Å². The maximum absolute atomic E-state index is 4.59. The Morgan fingerprint density at radius 2 is 1.92 bits per heavy atom. The molecule has 26 heavy (non-hydrogen) atoms. The molecule has 0 unspecified atom stereocenters. The smallest absolute Gasteiger partial charge is 0.163 e. The molecule has 0 bridgehead atoms. The second kappa shape index (κ2) is 7.10. The fourth-order valence-electron chi connectivity index (χ4n) is 2.58. The number of pyridine rings is 1. The minimum Gasteiger partial charge on any atom is -0.366 e. The number of hydrogen-bond donors (Lipinski definition) is 1. The van der Waals surface area contributed by atoms with Gasteiger partial charge in [0.1, 0.15) is 18.5 Å². The predicted octanol–water partition coefficient (Wildman–Crippen LogP) is 3.04. The molecule has 3 aromatic heterocycles. The van der Waals surface area contributed by atoms with E-state index in [0.29, 0.717) is 12.4 Å². The van der Waals surface area contributed by atoms with Crippen molar-refractivity contribution in [3.05, 3.63) is 78.8 Å². The Labute approximate surface area is 150 Å². The summed E-state index contributed by atoms with van der Waals surface area (Å²) in [5.41, 5.74) is 3.93. The van der Waals surface area contributed by atoms with E-state index in [0.717, 1.165) is 28.3 Å². The molecule has 0 spiro atoms. The van der Waals surface area contributed by atoms with Crippen molar-refractivity contribution in [1.82, 2.24) is 29.7 Å². The van der Waals surface area contributed by atoms with Crippen LogP contribution >= 0.6 is 0 Å². The second-order valence-corrected chi connectivity index (χ2v) is 5.82. The highest BCUT2D eigenvalue weighted by Gasteiger charge is 2.05. The summed E-state index contributed by atoms with van der Waals surface area (Å²) in [4.78, 5) is 17.2. The van der Waals surface area contributed by atoms with Gasteiger partial charge in [-0.3, -0.25) is 4.98 Å². The van der Waals surface area contributed by atoms with Crippen LogP contribution in [0.15, 0.2) is 67.5 Å². The second-order valence-electron chi connectivity index (χ2n) is 5.82. The van der Waals surface area contributed by atoms with Crippen LogP contribution in [0.25, 0.3) is 17.1 Å². The maximum atomic E-state index is 4.59. The Morgan fingerprint density at radius 1 is 1.04 bits per heavy atom. The SMILES string of the molecule is Cc1cc(NCc2ccc(-n3cncn3)cc2)nc(-c2cccnc2)n1. The molecule has 4 rings (SSSR count). The van der Waals surface area contributed by atoms with Gasteiger partial charge in [-0.2, -0.15) is 5.10 Å². The van der Waals surface area contributed by atoms with Gasteiger partial charge < -0.3 is 5.32 Å². The van der Waals surface area contributed by atoms with Gasteiger partial charge >= 0.3 is 0 Å². The molecule has 0 aliphatic rings. The summed E-state index contributed by atoms with van der Waals surface area (Å²) in [6.45, 7) is 2.63. The van der Waals surface area contributed by atoms with Crippen LogP contribution in [0.4, 0.5) is 5.82 Å². The first-order chi connectivity index (χ1) is 12.8. The van der Waals surface area contributed by atoms with Crippen LogP contribution in [0.1, 0.15) is 11.3 Å². The Kier molecular flexibility index (Phi) is 4.34. The number of benzene rings is 1. The first-order valence-electron chi connectivity index (χ1n) is 8.22. The van der Waals surface area contributed by atoms with E-state index in [1.54, 1.807) is 23.4 Å². The lowest BCUT2D eigenvalue weighted by Crippen LogP contribution is -2.04. The molecular formula is C19H17N7. The minimum atomic E-state index is 0.667. The van der Waals surface area contributed by atoms with Gasteiger partial charge in [-0.05, 0) is 36.8 Å². The third-order valence-corrected chi connectivity index (χ3v) is 3.87. The number of aromatic nitrogens is 6. The van der Waals surface area contributed by atoms with E-state index >= 15 is 0 Å². The van der Waals surface area contributed by atoms with Crippen molar-refractivity contribution in [1.29, 1.82) is 0 Å². The van der Waals surface area contributed by atoms with Crippen molar-refractivity contribution in [2.75, 3.05) is 5.32 Å². The third-order valence-electron chi connectivity index (χ3n) is 3.87. The van der Waals surface area contributed by atoms with Crippen molar-refractivity contribution in [2.45, 2.75) is 13.5 Å². The summed E-state index contributed by atoms with van der Waals surface area (Å²) in [7, 11) is 0. The molecule has 0 saturated carbocycles. The van der Waals surface area contributed by atoms with Crippen LogP contribution in [0, 0.1) is 6.92 Å². The lowest BCUT2D eigenvalue weighted by molar-refractivity contribution is 0.877. The van der Waals surface area contributed by atoms with Gasteiger partial charge in [-0.1, -0.05) is 12.1 Å². The Morgan fingerprint density at radius 3 is 2.65 bits per heavy atom. The van der Waals surface area contributed by atoms with Gasteiger partial charge in [0.25, 0.3) is 0 Å². The lowest BCUT2D eigenvalue weighted by Gasteiger charge is -2.09. The van der Waals surface area contributed by atoms with E-state index < -0.39 is 0 Å². The normalized spacial score (nSPS) is 10.7. The summed E-state index contributed by atoms with van der Waals surface area (Å²) in [6.07, 6.45) is 6.70. The van der Waals surface area contributed by atoms with Crippen molar-refractivity contribution in [3.63, 3.8) is 0 Å². The van der Waals surface area contributed by atoms with Crippen LogP contribution in [-0.4, -0.2) is 29.7 Å². The van der Waals surface area contributed by atoms with Gasteiger partial charge in [-0.15, -0.1) is 0 Å². The molecule has 7 nitrogen and oxygen atoms in total. The fourth-order valence-corrected chi connectivity index (χ4v) is 2.58. The lowest BCUT2D eigenvalue weighted by atomic mass is 10.2. The third kappa shape index (κ3) is 3.56. The van der Waals surface area contributed by atoms with Crippen molar-refractivity contribution < 1.29 is 0 Å². The van der Waals surface area contributed by atoms with Crippen molar-refractivity contribution >= 4 is 5.82 Å². The number of nitrogens with zero attached hydrogens (tertiary/aromatic N) is 6. The van der Waals surface area contributed by atoms with E-state index in [1.807, 2.05) is 37.3 Å². The molecule has 0 aliphatic carbocycles. The zero-order valence-corrected chi connectivity index (χ0v) is 14.2. The van der Waals surface area contributed by atoms with Gasteiger partial charge in [0.05, 0.1) is 5.69 Å². The fraction of sp³-hybridized carbons (Fsp3) is 0.105. The van der Waals surface area contributed by atoms with E-state index in [-0.39, 0.29) is 0 Å². The first-order valence-corrected chi connectivity index (χ1v) is 8.22. The standard InChI is InChI=1S/C19H17N7/c1-14-9-18(25-19(24-14)16-3-2-8-20-11-16)22-10-15-4-6-17(7-5-15)26-13-21-12-23-26/h2-9,11-13H,10H2,1H3,(H,22,24,25). The molecule has 1 N–H and O–H groups in total. The Hall–Kier alpha value is -3.61. The quantitative estimate of drug-likeness (QED) is 0.600. The molecule has 0 fully saturated rings. The first kappa shape index (κ1) is 15.9. The molecule has 0 radical (unpaired) electrons. The predicted molar refractivity (Wildman–Crippen MR) is 98.7 cm³/mol. The molecular weight excluding hydrogens is 326 g/mol. The van der Waals surface area contributed by atoms with Gasteiger partial charge in [0.2, 0.25) is 0 Å². The molecule has 1 aromatic carbocycles. The Balaban J connectivity index is 1.48. The summed E-state index contributed by atoms with van der Waals surface area (Å²) in [5.74, 6) is 1.46. The summed E-state index contributed by atoms with van der Waals surface area (Å²) in [5, 5.41) is 7.49. The van der Waals surface area contributed by atoms with Gasteiger partial charge in [-0.25, -0.2) is 19.6 Å². The molecule has 0 saturated heterocycles. The molecule has 3 heterocycles. The molecule has 4 aromatic rings. The molecule has 0 aliphatic heterocycles. The zero-order valence-electron chi connectivity index (χ0n) is 14.2. The summed E-state index contributed by atoms with van der Waals surface area (Å²) < 4.78 is 1.73. The molecule has 7 heteroatoms. The number of rotatable bonds is 5. The average molecular weight is 343 g/mol. The van der Waals surface area contributed by atoms with Gasteiger partial charge in [0.15, 0.2) is 5.82 Å². The van der Waals surface area contributed by atoms with E-state index in [9.17, 15) is 0 Å².